The van der Waals surface area contributed by atoms with Crippen molar-refractivity contribution in [2.45, 2.75) is 0 Å². The second-order valence-corrected chi connectivity index (χ2v) is 3.98. The van der Waals surface area contributed by atoms with Crippen LogP contribution in [0, 0.1) is 16.1 Å². The second kappa shape index (κ2) is 5.43. The number of hydrogen-bond donors (Lipinski definition) is 0. The normalized spacial score (nSPS) is 10.1. The number of anilines is 1. The summed E-state index contributed by atoms with van der Waals surface area (Å²) in [7, 11) is 1.48. The fourth-order valence-electron chi connectivity index (χ4n) is 1.61. The molecular formula is C13H10FN3O3. The quantitative estimate of drug-likeness (QED) is 0.489. The minimum Gasteiger partial charge on any atom is -0.310 e. The minimum absolute atomic E-state index is 0.0362. The SMILES string of the molecule is CN(C(=O)c1cccc(F)n1)c1ccc([N+](=O)[O-])cc1. The van der Waals surface area contributed by atoms with Gasteiger partial charge < -0.3 is 4.90 Å². The zero-order valence-electron chi connectivity index (χ0n) is 10.5. The summed E-state index contributed by atoms with van der Waals surface area (Å²) in [4.78, 5) is 26.8. The van der Waals surface area contributed by atoms with Gasteiger partial charge in [0.25, 0.3) is 11.6 Å². The van der Waals surface area contributed by atoms with E-state index in [0.29, 0.717) is 5.69 Å². The van der Waals surface area contributed by atoms with Gasteiger partial charge in [0.2, 0.25) is 5.95 Å². The summed E-state index contributed by atoms with van der Waals surface area (Å²) in [5.74, 6) is -1.24. The third-order valence-corrected chi connectivity index (χ3v) is 2.69. The van der Waals surface area contributed by atoms with Crippen LogP contribution < -0.4 is 4.90 Å². The number of amides is 1. The Morgan fingerprint density at radius 3 is 2.45 bits per heavy atom. The van der Waals surface area contributed by atoms with Crippen LogP contribution in [0.25, 0.3) is 0 Å². The van der Waals surface area contributed by atoms with Crippen molar-refractivity contribution in [1.82, 2.24) is 4.98 Å². The number of hydrogen-bond acceptors (Lipinski definition) is 4. The molecule has 1 amide bonds. The van der Waals surface area contributed by atoms with Crippen molar-refractivity contribution in [2.75, 3.05) is 11.9 Å². The first-order valence-corrected chi connectivity index (χ1v) is 5.64. The maximum Gasteiger partial charge on any atom is 0.276 e. The summed E-state index contributed by atoms with van der Waals surface area (Å²) in [6.07, 6.45) is 0. The number of carbonyl (C=O) groups is 1. The second-order valence-electron chi connectivity index (χ2n) is 3.98. The van der Waals surface area contributed by atoms with Gasteiger partial charge in [-0.25, -0.2) is 4.98 Å². The number of rotatable bonds is 3. The molecule has 2 aromatic rings. The van der Waals surface area contributed by atoms with Gasteiger partial charge in [-0.05, 0) is 24.3 Å². The summed E-state index contributed by atoms with van der Waals surface area (Å²) in [5, 5.41) is 10.5. The first kappa shape index (κ1) is 13.6. The zero-order chi connectivity index (χ0) is 14.7. The largest absolute Gasteiger partial charge is 0.310 e. The van der Waals surface area contributed by atoms with Crippen LogP contribution in [-0.4, -0.2) is 22.9 Å². The van der Waals surface area contributed by atoms with Crippen LogP contribution in [0.1, 0.15) is 10.5 Å². The van der Waals surface area contributed by atoms with E-state index >= 15 is 0 Å². The Bertz CT molecular complexity index is 658. The number of benzene rings is 1. The summed E-state index contributed by atoms with van der Waals surface area (Å²) in [6.45, 7) is 0. The lowest BCUT2D eigenvalue weighted by atomic mass is 10.2. The van der Waals surface area contributed by atoms with E-state index in [1.807, 2.05) is 0 Å². The molecule has 0 unspecified atom stereocenters. The van der Waals surface area contributed by atoms with Gasteiger partial charge in [0.1, 0.15) is 5.69 Å². The number of aromatic nitrogens is 1. The molecule has 0 N–H and O–H groups in total. The summed E-state index contributed by atoms with van der Waals surface area (Å²) < 4.78 is 13.0. The van der Waals surface area contributed by atoms with E-state index in [1.165, 1.54) is 48.3 Å². The highest BCUT2D eigenvalue weighted by Crippen LogP contribution is 2.19. The van der Waals surface area contributed by atoms with Crippen molar-refractivity contribution < 1.29 is 14.1 Å². The molecule has 102 valence electrons. The van der Waals surface area contributed by atoms with Gasteiger partial charge in [0.05, 0.1) is 4.92 Å². The zero-order valence-corrected chi connectivity index (χ0v) is 10.5. The number of nitrogens with zero attached hydrogens (tertiary/aromatic N) is 3. The lowest BCUT2D eigenvalue weighted by Gasteiger charge is -2.16. The summed E-state index contributed by atoms with van der Waals surface area (Å²) in [6, 6.07) is 9.39. The smallest absolute Gasteiger partial charge is 0.276 e. The van der Waals surface area contributed by atoms with Crippen LogP contribution in [0.15, 0.2) is 42.5 Å². The molecule has 1 aromatic heterocycles. The average molecular weight is 275 g/mol. The lowest BCUT2D eigenvalue weighted by Crippen LogP contribution is -2.27. The number of nitro benzene ring substituents is 1. The van der Waals surface area contributed by atoms with Crippen molar-refractivity contribution in [2.24, 2.45) is 0 Å². The third kappa shape index (κ3) is 2.77. The molecule has 20 heavy (non-hydrogen) atoms. The Hall–Kier alpha value is -2.83. The van der Waals surface area contributed by atoms with E-state index in [0.717, 1.165) is 6.07 Å². The Morgan fingerprint density at radius 1 is 1.25 bits per heavy atom. The van der Waals surface area contributed by atoms with Crippen molar-refractivity contribution >= 4 is 17.3 Å². The molecule has 7 heteroatoms. The maximum absolute atomic E-state index is 13.0. The molecule has 1 heterocycles. The van der Waals surface area contributed by atoms with Gasteiger partial charge in [-0.1, -0.05) is 6.07 Å². The molecule has 0 radical (unpaired) electrons. The molecule has 2 rings (SSSR count). The van der Waals surface area contributed by atoms with Crippen LogP contribution in [0.5, 0.6) is 0 Å². The van der Waals surface area contributed by atoms with Crippen LogP contribution in [0.4, 0.5) is 15.8 Å². The predicted octanol–water partition coefficient (Wildman–Crippen LogP) is 2.41. The molecule has 0 atom stereocenters. The first-order chi connectivity index (χ1) is 9.49. The van der Waals surface area contributed by atoms with E-state index in [-0.39, 0.29) is 11.4 Å². The Labute approximate surface area is 113 Å². The fraction of sp³-hybridized carbons (Fsp3) is 0.0769. The monoisotopic (exact) mass is 275 g/mol. The third-order valence-electron chi connectivity index (χ3n) is 2.69. The highest BCUT2D eigenvalue weighted by Gasteiger charge is 2.16. The highest BCUT2D eigenvalue weighted by molar-refractivity contribution is 6.04. The summed E-state index contributed by atoms with van der Waals surface area (Å²) in [5.41, 5.74) is 0.344. The van der Waals surface area contributed by atoms with Gasteiger partial charge in [-0.3, -0.25) is 14.9 Å². The van der Waals surface area contributed by atoms with Gasteiger partial charge in [0, 0.05) is 24.9 Å². The van der Waals surface area contributed by atoms with E-state index in [2.05, 4.69) is 4.98 Å². The Kier molecular flexibility index (Phi) is 3.69. The average Bonchev–Trinajstić information content (AvgIpc) is 2.46. The molecule has 6 nitrogen and oxygen atoms in total. The molecule has 0 spiro atoms. The van der Waals surface area contributed by atoms with E-state index in [9.17, 15) is 19.3 Å². The molecule has 0 aliphatic carbocycles. The van der Waals surface area contributed by atoms with E-state index in [1.54, 1.807) is 0 Å². The number of halogens is 1. The highest BCUT2D eigenvalue weighted by atomic mass is 19.1. The maximum atomic E-state index is 13.0. The van der Waals surface area contributed by atoms with Crippen molar-refractivity contribution in [3.63, 3.8) is 0 Å². The van der Waals surface area contributed by atoms with E-state index in [4.69, 9.17) is 0 Å². The lowest BCUT2D eigenvalue weighted by molar-refractivity contribution is -0.384. The summed E-state index contributed by atoms with van der Waals surface area (Å²) >= 11 is 0. The van der Waals surface area contributed by atoms with Crippen LogP contribution in [0.3, 0.4) is 0 Å². The minimum atomic E-state index is -0.743. The standard InChI is InChI=1S/C13H10FN3O3/c1-16(9-5-7-10(8-6-9)17(19)20)13(18)11-3-2-4-12(14)15-11/h2-8H,1H3. The number of non-ortho nitro benzene ring substituents is 1. The topological polar surface area (TPSA) is 76.3 Å². The van der Waals surface area contributed by atoms with Crippen LogP contribution in [0.2, 0.25) is 0 Å². The van der Waals surface area contributed by atoms with Gasteiger partial charge in [-0.2, -0.15) is 4.39 Å². The number of carbonyl (C=O) groups excluding carboxylic acids is 1. The molecule has 0 fully saturated rings. The van der Waals surface area contributed by atoms with Crippen molar-refractivity contribution in [3.05, 3.63) is 64.2 Å². The van der Waals surface area contributed by atoms with E-state index < -0.39 is 16.8 Å². The molecule has 0 saturated heterocycles. The van der Waals surface area contributed by atoms with Crippen LogP contribution in [-0.2, 0) is 0 Å². The Morgan fingerprint density at radius 2 is 1.90 bits per heavy atom. The fourth-order valence-corrected chi connectivity index (χ4v) is 1.61. The Balaban J connectivity index is 2.24. The van der Waals surface area contributed by atoms with Crippen molar-refractivity contribution in [1.29, 1.82) is 0 Å². The van der Waals surface area contributed by atoms with Crippen molar-refractivity contribution in [3.8, 4) is 0 Å². The molecule has 1 aromatic carbocycles. The molecule has 0 aliphatic rings. The number of pyridine rings is 1. The number of nitro groups is 1. The predicted molar refractivity (Wildman–Crippen MR) is 70.0 cm³/mol. The molecule has 0 bridgehead atoms. The van der Waals surface area contributed by atoms with Gasteiger partial charge in [-0.15, -0.1) is 0 Å². The van der Waals surface area contributed by atoms with Gasteiger partial charge >= 0.3 is 0 Å². The first-order valence-electron chi connectivity index (χ1n) is 5.64. The molecular weight excluding hydrogens is 265 g/mol. The molecule has 0 aliphatic heterocycles. The van der Waals surface area contributed by atoms with Gasteiger partial charge in [0.15, 0.2) is 0 Å². The molecule has 0 saturated carbocycles. The van der Waals surface area contributed by atoms with Crippen LogP contribution >= 0.6 is 0 Å².